The maximum atomic E-state index is 12.7. The number of benzene rings is 2. The Balaban J connectivity index is 2.34. The molecule has 106 valence electrons. The summed E-state index contributed by atoms with van der Waals surface area (Å²) in [6.45, 7) is 2.47. The smallest absolute Gasteiger partial charge is 0.200 e. The predicted molar refractivity (Wildman–Crippen MR) is 77.2 cm³/mol. The van der Waals surface area contributed by atoms with Gasteiger partial charge in [-0.3, -0.25) is 9.59 Å². The topological polar surface area (TPSA) is 86.6 Å². The van der Waals surface area contributed by atoms with Crippen molar-refractivity contribution in [2.45, 2.75) is 6.92 Å². The minimum Gasteiger partial charge on any atom is -0.507 e. The number of aromatic hydroxyl groups is 2. The zero-order valence-electron chi connectivity index (χ0n) is 11.3. The maximum Gasteiger partial charge on any atom is 0.200 e. The second kappa shape index (κ2) is 4.63. The van der Waals surface area contributed by atoms with Crippen LogP contribution in [0.25, 0.3) is 0 Å². The molecule has 0 aliphatic heterocycles. The lowest BCUT2D eigenvalue weighted by Gasteiger charge is -2.21. The molecule has 1 aliphatic carbocycles. The summed E-state index contributed by atoms with van der Waals surface area (Å²) >= 11 is 0. The number of carbonyl (C=O) groups is 2. The number of carbonyl (C=O) groups excluding carboxylic acids is 2. The molecule has 0 saturated carbocycles. The van der Waals surface area contributed by atoms with Crippen LogP contribution in [0.1, 0.15) is 38.8 Å². The molecule has 0 bridgehead atoms. The molecular weight excluding hydrogens is 270 g/mol. The summed E-state index contributed by atoms with van der Waals surface area (Å²) in [7, 11) is 0. The van der Waals surface area contributed by atoms with E-state index in [4.69, 9.17) is 0 Å². The molecule has 5 heteroatoms. The molecule has 0 amide bonds. The molecule has 0 spiro atoms. The van der Waals surface area contributed by atoms with Gasteiger partial charge in [-0.25, -0.2) is 0 Å². The van der Waals surface area contributed by atoms with Gasteiger partial charge >= 0.3 is 0 Å². The third-order valence-corrected chi connectivity index (χ3v) is 3.52. The summed E-state index contributed by atoms with van der Waals surface area (Å²) in [5.41, 5.74) is 0.727. The molecule has 0 unspecified atom stereocenters. The van der Waals surface area contributed by atoms with E-state index in [0.717, 1.165) is 0 Å². The molecule has 0 saturated heterocycles. The second-order valence-electron chi connectivity index (χ2n) is 4.77. The van der Waals surface area contributed by atoms with Crippen LogP contribution in [0, 0.1) is 0 Å². The highest BCUT2D eigenvalue weighted by Crippen LogP contribution is 2.39. The summed E-state index contributed by atoms with van der Waals surface area (Å²) in [6.07, 6.45) is 0. The highest BCUT2D eigenvalue weighted by Gasteiger charge is 2.35. The Morgan fingerprint density at radius 2 is 1.52 bits per heavy atom. The summed E-state index contributed by atoms with van der Waals surface area (Å²) in [6, 6.07) is 7.34. The van der Waals surface area contributed by atoms with Crippen LogP contribution >= 0.6 is 0 Å². The van der Waals surface area contributed by atoms with E-state index in [1.165, 1.54) is 12.1 Å². The first-order chi connectivity index (χ1) is 10.1. The maximum absolute atomic E-state index is 12.7. The molecule has 2 aromatic rings. The molecule has 0 aromatic heterocycles. The van der Waals surface area contributed by atoms with Gasteiger partial charge in [0.1, 0.15) is 11.5 Å². The van der Waals surface area contributed by atoms with E-state index in [1.54, 1.807) is 18.2 Å². The zero-order chi connectivity index (χ0) is 15.1. The molecule has 2 aromatic carbocycles. The zero-order valence-corrected chi connectivity index (χ0v) is 11.3. The number of hydrogen-bond acceptors (Lipinski definition) is 5. The first kappa shape index (κ1) is 13.2. The molecular formula is C16H13NO4. The van der Waals surface area contributed by atoms with Crippen LogP contribution in [0.3, 0.4) is 0 Å². The number of fused-ring (bicyclic) bond motifs is 2. The highest BCUT2D eigenvalue weighted by atomic mass is 16.3. The molecule has 0 heterocycles. The molecule has 21 heavy (non-hydrogen) atoms. The van der Waals surface area contributed by atoms with Gasteiger partial charge in [0.15, 0.2) is 11.6 Å². The van der Waals surface area contributed by atoms with Crippen molar-refractivity contribution in [3.8, 4) is 11.5 Å². The normalized spacial score (nSPS) is 12.8. The Bertz CT molecular complexity index is 780. The highest BCUT2D eigenvalue weighted by molar-refractivity contribution is 6.31. The molecule has 5 nitrogen and oxygen atoms in total. The van der Waals surface area contributed by atoms with Crippen LogP contribution in [0.15, 0.2) is 30.3 Å². The Morgan fingerprint density at radius 1 is 0.905 bits per heavy atom. The fourth-order valence-electron chi connectivity index (χ4n) is 2.62. The van der Waals surface area contributed by atoms with E-state index in [9.17, 15) is 19.8 Å². The molecule has 0 atom stereocenters. The number of nitrogens with one attached hydrogen (secondary N) is 1. The van der Waals surface area contributed by atoms with Crippen molar-refractivity contribution in [3.63, 3.8) is 0 Å². The molecule has 3 N–H and O–H groups in total. The number of anilines is 1. The van der Waals surface area contributed by atoms with Crippen LogP contribution < -0.4 is 5.32 Å². The quantitative estimate of drug-likeness (QED) is 0.628. The Labute approximate surface area is 120 Å². The predicted octanol–water partition coefficient (Wildman–Crippen LogP) is 2.31. The van der Waals surface area contributed by atoms with E-state index in [1.807, 2.05) is 6.92 Å². The van der Waals surface area contributed by atoms with Gasteiger partial charge in [-0.05, 0) is 25.1 Å². The standard InChI is InChI=1S/C16H13NO4/c1-2-17-9-5-3-4-8-12(9)16(21)14-11(19)7-6-10(18)13(14)15(8)20/h3-7,17-19H,2H2,1H3. The van der Waals surface area contributed by atoms with Crippen molar-refractivity contribution in [1.29, 1.82) is 0 Å². The lowest BCUT2D eigenvalue weighted by atomic mass is 9.82. The molecule has 3 rings (SSSR count). The third kappa shape index (κ3) is 1.78. The van der Waals surface area contributed by atoms with E-state index < -0.39 is 11.6 Å². The lowest BCUT2D eigenvalue weighted by molar-refractivity contribution is 0.0974. The number of phenols is 2. The monoisotopic (exact) mass is 283 g/mol. The first-order valence-corrected chi connectivity index (χ1v) is 6.57. The van der Waals surface area contributed by atoms with E-state index in [0.29, 0.717) is 12.2 Å². The van der Waals surface area contributed by atoms with Crippen molar-refractivity contribution in [2.24, 2.45) is 0 Å². The number of hydrogen-bond donors (Lipinski definition) is 3. The average molecular weight is 283 g/mol. The lowest BCUT2D eigenvalue weighted by Crippen LogP contribution is -2.22. The van der Waals surface area contributed by atoms with Crippen LogP contribution in [-0.2, 0) is 0 Å². The summed E-state index contributed by atoms with van der Waals surface area (Å²) < 4.78 is 0. The second-order valence-corrected chi connectivity index (χ2v) is 4.77. The minimum atomic E-state index is -0.468. The van der Waals surface area contributed by atoms with Crippen LogP contribution in [0.4, 0.5) is 5.69 Å². The van der Waals surface area contributed by atoms with E-state index in [2.05, 4.69) is 5.32 Å². The van der Waals surface area contributed by atoms with Crippen molar-refractivity contribution in [2.75, 3.05) is 11.9 Å². The van der Waals surface area contributed by atoms with E-state index >= 15 is 0 Å². The van der Waals surface area contributed by atoms with Gasteiger partial charge in [-0.2, -0.15) is 0 Å². The van der Waals surface area contributed by atoms with Gasteiger partial charge in [-0.1, -0.05) is 12.1 Å². The molecule has 1 aliphatic rings. The Morgan fingerprint density at radius 3 is 2.14 bits per heavy atom. The van der Waals surface area contributed by atoms with Gasteiger partial charge in [0, 0.05) is 17.8 Å². The van der Waals surface area contributed by atoms with Gasteiger partial charge in [-0.15, -0.1) is 0 Å². The van der Waals surface area contributed by atoms with Gasteiger partial charge < -0.3 is 15.5 Å². The van der Waals surface area contributed by atoms with Crippen molar-refractivity contribution in [1.82, 2.24) is 0 Å². The summed E-state index contributed by atoms with van der Waals surface area (Å²) in [5, 5.41) is 22.8. The van der Waals surface area contributed by atoms with Gasteiger partial charge in [0.25, 0.3) is 0 Å². The summed E-state index contributed by atoms with van der Waals surface area (Å²) in [4.78, 5) is 25.2. The Hall–Kier alpha value is -2.82. The average Bonchev–Trinajstić information content (AvgIpc) is 2.47. The SMILES string of the molecule is CCNc1cccc2c1C(=O)c1c(O)ccc(O)c1C2=O. The van der Waals surface area contributed by atoms with Gasteiger partial charge in [0.05, 0.1) is 16.7 Å². The number of phenolic OH excluding ortho intramolecular Hbond substituents is 2. The van der Waals surface area contributed by atoms with Crippen molar-refractivity contribution >= 4 is 17.3 Å². The fraction of sp³-hybridized carbons (Fsp3) is 0.125. The largest absolute Gasteiger partial charge is 0.507 e. The van der Waals surface area contributed by atoms with Crippen LogP contribution in [0.2, 0.25) is 0 Å². The third-order valence-electron chi connectivity index (χ3n) is 3.52. The number of rotatable bonds is 2. The van der Waals surface area contributed by atoms with Crippen LogP contribution in [-0.4, -0.2) is 28.3 Å². The Kier molecular flexibility index (Phi) is 2.90. The molecule has 0 radical (unpaired) electrons. The first-order valence-electron chi connectivity index (χ1n) is 6.57. The van der Waals surface area contributed by atoms with E-state index in [-0.39, 0.29) is 33.8 Å². The number of ketones is 2. The fourth-order valence-corrected chi connectivity index (χ4v) is 2.62. The van der Waals surface area contributed by atoms with Crippen molar-refractivity contribution < 1.29 is 19.8 Å². The minimum absolute atomic E-state index is 0.138. The van der Waals surface area contributed by atoms with Crippen LogP contribution in [0.5, 0.6) is 11.5 Å². The molecule has 0 fully saturated rings. The van der Waals surface area contributed by atoms with Gasteiger partial charge in [0.2, 0.25) is 0 Å². The summed E-state index contributed by atoms with van der Waals surface area (Å²) in [5.74, 6) is -1.55. The van der Waals surface area contributed by atoms with Crippen molar-refractivity contribution in [3.05, 3.63) is 52.6 Å².